The van der Waals surface area contributed by atoms with Crippen LogP contribution in [0.2, 0.25) is 0 Å². The van der Waals surface area contributed by atoms with Gasteiger partial charge in [-0.25, -0.2) is 0 Å². The van der Waals surface area contributed by atoms with Crippen molar-refractivity contribution in [3.05, 3.63) is 45.1 Å². The van der Waals surface area contributed by atoms with Crippen molar-refractivity contribution in [2.45, 2.75) is 45.1 Å². The van der Waals surface area contributed by atoms with E-state index in [1.165, 1.54) is 23.3 Å². The molecule has 2 heterocycles. The molecule has 1 N–H and O–H groups in total. The van der Waals surface area contributed by atoms with Gasteiger partial charge in [0, 0.05) is 4.88 Å². The minimum absolute atomic E-state index is 0.00272. The SMILES string of the molecule is CC(C)(NC(=O)c1cc2c(s1)CCCC2)c1ccc2c(c1)OCO2. The highest BCUT2D eigenvalue weighted by Gasteiger charge is 2.27. The number of hydrogen-bond acceptors (Lipinski definition) is 4. The molecule has 1 aromatic carbocycles. The van der Waals surface area contributed by atoms with E-state index in [1.807, 2.05) is 32.0 Å². The molecule has 5 heteroatoms. The molecular formula is C19H21NO3S. The Kier molecular flexibility index (Phi) is 3.76. The number of benzene rings is 1. The molecule has 0 spiro atoms. The molecule has 1 aliphatic heterocycles. The fourth-order valence-electron chi connectivity index (χ4n) is 3.31. The topological polar surface area (TPSA) is 47.6 Å². The van der Waals surface area contributed by atoms with Gasteiger partial charge in [-0.05, 0) is 68.9 Å². The van der Waals surface area contributed by atoms with Crippen molar-refractivity contribution in [3.8, 4) is 11.5 Å². The largest absolute Gasteiger partial charge is 0.454 e. The maximum atomic E-state index is 12.7. The van der Waals surface area contributed by atoms with Crippen LogP contribution in [0.1, 0.15) is 52.4 Å². The molecule has 0 fully saturated rings. The van der Waals surface area contributed by atoms with Crippen LogP contribution in [0.5, 0.6) is 11.5 Å². The smallest absolute Gasteiger partial charge is 0.262 e. The number of fused-ring (bicyclic) bond motifs is 2. The molecule has 2 aromatic rings. The number of thiophene rings is 1. The molecule has 4 nitrogen and oxygen atoms in total. The van der Waals surface area contributed by atoms with Gasteiger partial charge in [-0.15, -0.1) is 11.3 Å². The van der Waals surface area contributed by atoms with Crippen molar-refractivity contribution in [1.82, 2.24) is 5.32 Å². The van der Waals surface area contributed by atoms with Gasteiger partial charge in [0.15, 0.2) is 11.5 Å². The van der Waals surface area contributed by atoms with Gasteiger partial charge >= 0.3 is 0 Å². The third-order valence-corrected chi connectivity index (χ3v) is 5.98. The summed E-state index contributed by atoms with van der Waals surface area (Å²) in [6.07, 6.45) is 4.67. The molecule has 24 heavy (non-hydrogen) atoms. The molecule has 0 saturated heterocycles. The van der Waals surface area contributed by atoms with Crippen LogP contribution in [0.4, 0.5) is 0 Å². The zero-order chi connectivity index (χ0) is 16.7. The Morgan fingerprint density at radius 3 is 2.75 bits per heavy atom. The molecule has 0 atom stereocenters. The van der Waals surface area contributed by atoms with E-state index in [-0.39, 0.29) is 12.7 Å². The summed E-state index contributed by atoms with van der Waals surface area (Å²) in [5, 5.41) is 3.16. The first kappa shape index (κ1) is 15.5. The van der Waals surface area contributed by atoms with E-state index in [0.29, 0.717) is 0 Å². The van der Waals surface area contributed by atoms with Crippen LogP contribution >= 0.6 is 11.3 Å². The first-order valence-electron chi connectivity index (χ1n) is 8.37. The van der Waals surface area contributed by atoms with Gasteiger partial charge in [0.05, 0.1) is 10.4 Å². The lowest BCUT2D eigenvalue weighted by molar-refractivity contribution is 0.0916. The molecule has 2 aliphatic rings. The predicted molar refractivity (Wildman–Crippen MR) is 94.0 cm³/mol. The molecule has 0 saturated carbocycles. The number of amides is 1. The van der Waals surface area contributed by atoms with Crippen LogP contribution in [0, 0.1) is 0 Å². The number of rotatable bonds is 3. The highest BCUT2D eigenvalue weighted by atomic mass is 32.1. The van der Waals surface area contributed by atoms with Crippen molar-refractivity contribution in [3.63, 3.8) is 0 Å². The Hall–Kier alpha value is -2.01. The second kappa shape index (κ2) is 5.81. The average molecular weight is 343 g/mol. The van der Waals surface area contributed by atoms with Crippen LogP contribution in [-0.2, 0) is 18.4 Å². The van der Waals surface area contributed by atoms with Crippen LogP contribution in [0.3, 0.4) is 0 Å². The van der Waals surface area contributed by atoms with Crippen LogP contribution < -0.4 is 14.8 Å². The molecular weight excluding hydrogens is 322 g/mol. The Balaban J connectivity index is 1.54. The third kappa shape index (κ3) is 2.77. The van der Waals surface area contributed by atoms with E-state index >= 15 is 0 Å². The number of carbonyl (C=O) groups is 1. The highest BCUT2D eigenvalue weighted by Crippen LogP contribution is 2.36. The summed E-state index contributed by atoms with van der Waals surface area (Å²) >= 11 is 1.64. The lowest BCUT2D eigenvalue weighted by Crippen LogP contribution is -2.40. The lowest BCUT2D eigenvalue weighted by Gasteiger charge is -2.27. The molecule has 1 aliphatic carbocycles. The first-order valence-corrected chi connectivity index (χ1v) is 9.19. The van der Waals surface area contributed by atoms with Crippen molar-refractivity contribution in [1.29, 1.82) is 0 Å². The fourth-order valence-corrected chi connectivity index (χ4v) is 4.45. The van der Waals surface area contributed by atoms with E-state index in [2.05, 4.69) is 11.4 Å². The van der Waals surface area contributed by atoms with E-state index in [9.17, 15) is 4.79 Å². The van der Waals surface area contributed by atoms with E-state index in [0.717, 1.165) is 34.8 Å². The van der Waals surface area contributed by atoms with Gasteiger partial charge in [-0.1, -0.05) is 6.07 Å². The van der Waals surface area contributed by atoms with Crippen molar-refractivity contribution in [2.75, 3.05) is 6.79 Å². The zero-order valence-electron chi connectivity index (χ0n) is 14.0. The molecule has 126 valence electrons. The van der Waals surface area contributed by atoms with Gasteiger partial charge in [0.2, 0.25) is 6.79 Å². The van der Waals surface area contributed by atoms with E-state index < -0.39 is 5.54 Å². The first-order chi connectivity index (χ1) is 11.5. The Morgan fingerprint density at radius 1 is 1.12 bits per heavy atom. The Bertz CT molecular complexity index is 770. The standard InChI is InChI=1S/C19H21NO3S/c1-19(2,13-7-8-14-15(10-13)23-11-22-14)20-18(21)17-9-12-5-3-4-6-16(12)24-17/h7-10H,3-6,11H2,1-2H3,(H,20,21). The molecule has 0 unspecified atom stereocenters. The normalized spacial score (nSPS) is 15.9. The quantitative estimate of drug-likeness (QED) is 0.915. The predicted octanol–water partition coefficient (Wildman–Crippen LogP) is 4.02. The molecule has 0 bridgehead atoms. The minimum Gasteiger partial charge on any atom is -0.454 e. The Labute approximate surface area is 145 Å². The summed E-state index contributed by atoms with van der Waals surface area (Å²) in [5.41, 5.74) is 1.88. The summed E-state index contributed by atoms with van der Waals surface area (Å²) in [7, 11) is 0. The van der Waals surface area contributed by atoms with E-state index in [1.54, 1.807) is 11.3 Å². The highest BCUT2D eigenvalue weighted by molar-refractivity contribution is 7.14. The van der Waals surface area contributed by atoms with Crippen molar-refractivity contribution < 1.29 is 14.3 Å². The maximum Gasteiger partial charge on any atom is 0.262 e. The summed E-state index contributed by atoms with van der Waals surface area (Å²) < 4.78 is 10.8. The summed E-state index contributed by atoms with van der Waals surface area (Å²) in [5.74, 6) is 1.49. The van der Waals surface area contributed by atoms with Crippen molar-refractivity contribution >= 4 is 17.2 Å². The maximum absolute atomic E-state index is 12.7. The van der Waals surface area contributed by atoms with Gasteiger partial charge in [-0.2, -0.15) is 0 Å². The fraction of sp³-hybridized carbons (Fsp3) is 0.421. The van der Waals surface area contributed by atoms with E-state index in [4.69, 9.17) is 9.47 Å². The number of ether oxygens (including phenoxy) is 2. The van der Waals surface area contributed by atoms with Gasteiger partial charge < -0.3 is 14.8 Å². The number of carbonyl (C=O) groups excluding carboxylic acids is 1. The molecule has 4 rings (SSSR count). The van der Waals surface area contributed by atoms with Gasteiger partial charge in [-0.3, -0.25) is 4.79 Å². The second-order valence-electron chi connectivity index (χ2n) is 6.91. The average Bonchev–Trinajstić information content (AvgIpc) is 3.20. The van der Waals surface area contributed by atoms with Gasteiger partial charge in [0.25, 0.3) is 5.91 Å². The summed E-state index contributed by atoms with van der Waals surface area (Å²) in [4.78, 5) is 14.9. The lowest BCUT2D eigenvalue weighted by atomic mass is 9.93. The van der Waals surface area contributed by atoms with Crippen LogP contribution in [0.15, 0.2) is 24.3 Å². The number of nitrogens with one attached hydrogen (secondary N) is 1. The number of aryl methyl sites for hydroxylation is 2. The van der Waals surface area contributed by atoms with Gasteiger partial charge in [0.1, 0.15) is 0 Å². The molecule has 1 amide bonds. The zero-order valence-corrected chi connectivity index (χ0v) is 14.8. The second-order valence-corrected chi connectivity index (χ2v) is 8.05. The summed E-state index contributed by atoms with van der Waals surface area (Å²) in [6.45, 7) is 4.28. The van der Waals surface area contributed by atoms with Crippen molar-refractivity contribution in [2.24, 2.45) is 0 Å². The van der Waals surface area contributed by atoms with Crippen LogP contribution in [-0.4, -0.2) is 12.7 Å². The minimum atomic E-state index is -0.484. The van der Waals surface area contributed by atoms with Crippen LogP contribution in [0.25, 0.3) is 0 Å². The molecule has 1 aromatic heterocycles. The third-order valence-electron chi connectivity index (χ3n) is 4.74. The Morgan fingerprint density at radius 2 is 1.92 bits per heavy atom. The molecule has 0 radical (unpaired) electrons. The summed E-state index contributed by atoms with van der Waals surface area (Å²) in [6, 6.07) is 7.90. The number of hydrogen-bond donors (Lipinski definition) is 1. The monoisotopic (exact) mass is 343 g/mol.